The first-order chi connectivity index (χ1) is 31.9. The van der Waals surface area contributed by atoms with Gasteiger partial charge in [-0.15, -0.1) is 0 Å². The zero-order valence-corrected chi connectivity index (χ0v) is 41.2. The Morgan fingerprint density at radius 1 is 0.821 bits per heavy atom. The van der Waals surface area contributed by atoms with E-state index in [1.165, 1.54) is 38.2 Å². The summed E-state index contributed by atoms with van der Waals surface area (Å²) in [5.41, 5.74) is 1.63. The van der Waals surface area contributed by atoms with Crippen molar-refractivity contribution in [2.45, 2.75) is 142 Å². The molecule has 0 aliphatic carbocycles. The zero-order chi connectivity index (χ0) is 49.4. The van der Waals surface area contributed by atoms with E-state index in [1.54, 1.807) is 44.9 Å². The summed E-state index contributed by atoms with van der Waals surface area (Å²) >= 11 is 0. The molecule has 0 radical (unpaired) electrons. The number of ether oxygens (including phenoxy) is 3. The number of hydrogen-bond acceptors (Lipinski definition) is 11. The Kier molecular flexibility index (Phi) is 21.5. The Hall–Kier alpha value is -5.10. The van der Waals surface area contributed by atoms with Crippen LogP contribution in [0, 0.1) is 17.8 Å². The summed E-state index contributed by atoms with van der Waals surface area (Å²) in [5.74, 6) is -3.42. The summed E-state index contributed by atoms with van der Waals surface area (Å²) in [7, 11) is 6.00. The van der Waals surface area contributed by atoms with E-state index in [0.29, 0.717) is 39.0 Å². The number of aliphatic hydroxyl groups is 1. The van der Waals surface area contributed by atoms with E-state index < -0.39 is 78.3 Å². The van der Waals surface area contributed by atoms with Crippen molar-refractivity contribution < 1.29 is 52.9 Å². The predicted octanol–water partition coefficient (Wildman–Crippen LogP) is 4.35. The monoisotopic (exact) mass is 937 g/mol. The summed E-state index contributed by atoms with van der Waals surface area (Å²) in [6.45, 7) is 11.9. The largest absolute Gasteiger partial charge is 0.445 e. The number of nitrogens with one attached hydrogen (secondary N) is 2. The smallest absolute Gasteiger partial charge is 0.410 e. The van der Waals surface area contributed by atoms with Crippen molar-refractivity contribution in [3.8, 4) is 0 Å². The van der Waals surface area contributed by atoms with Gasteiger partial charge < -0.3 is 39.8 Å². The van der Waals surface area contributed by atoms with Crippen molar-refractivity contribution >= 4 is 35.6 Å². The summed E-state index contributed by atoms with van der Waals surface area (Å²) in [4.78, 5) is 93.7. The van der Waals surface area contributed by atoms with E-state index >= 15 is 0 Å². The van der Waals surface area contributed by atoms with E-state index in [-0.39, 0.29) is 43.1 Å². The normalized spacial score (nSPS) is 19.2. The fraction of sp³-hybridized carbons (Fsp3) is 0.640. The van der Waals surface area contributed by atoms with Crippen LogP contribution in [0.4, 0.5) is 4.79 Å². The van der Waals surface area contributed by atoms with Crippen molar-refractivity contribution in [3.05, 3.63) is 71.8 Å². The maximum atomic E-state index is 14.5. The van der Waals surface area contributed by atoms with Gasteiger partial charge in [0, 0.05) is 47.8 Å². The Bertz CT molecular complexity index is 1900. The maximum absolute atomic E-state index is 14.5. The molecule has 372 valence electrons. The van der Waals surface area contributed by atoms with Gasteiger partial charge in [0.1, 0.15) is 24.7 Å². The number of carbonyl (C=O) groups is 6. The number of likely N-dealkylation sites (tertiary alicyclic amines) is 1. The lowest BCUT2D eigenvalue weighted by molar-refractivity contribution is -0.199. The van der Waals surface area contributed by atoms with Crippen LogP contribution in [0.2, 0.25) is 0 Å². The number of hydroxylamine groups is 2. The number of carbonyl (C=O) groups excluding carboxylic acids is 6. The summed E-state index contributed by atoms with van der Waals surface area (Å²) in [6.07, 6.45) is 0.144. The Morgan fingerprint density at radius 3 is 2.01 bits per heavy atom. The third kappa shape index (κ3) is 14.7. The second-order valence-corrected chi connectivity index (χ2v) is 18.4. The molecule has 2 aliphatic heterocycles. The van der Waals surface area contributed by atoms with Crippen molar-refractivity contribution in [1.29, 1.82) is 0 Å². The van der Waals surface area contributed by atoms with Gasteiger partial charge >= 0.3 is 6.09 Å². The van der Waals surface area contributed by atoms with Crippen LogP contribution in [-0.4, -0.2) is 157 Å². The molecule has 17 nitrogen and oxygen atoms in total. The molecule has 0 bridgehead atoms. The molecule has 0 unspecified atom stereocenters. The van der Waals surface area contributed by atoms with Gasteiger partial charge in [-0.1, -0.05) is 102 Å². The molecule has 0 saturated carbocycles. The minimum absolute atomic E-state index is 0.0352. The molecule has 4 rings (SSSR count). The van der Waals surface area contributed by atoms with E-state index in [0.717, 1.165) is 28.9 Å². The predicted molar refractivity (Wildman–Crippen MR) is 252 cm³/mol. The fourth-order valence-electron chi connectivity index (χ4n) is 9.23. The number of methoxy groups -OCH3 is 2. The van der Waals surface area contributed by atoms with Gasteiger partial charge in [0.15, 0.2) is 0 Å². The first kappa shape index (κ1) is 54.5. The van der Waals surface area contributed by atoms with Gasteiger partial charge in [-0.3, -0.25) is 33.7 Å². The quantitative estimate of drug-likeness (QED) is 0.143. The molecule has 2 aromatic rings. The van der Waals surface area contributed by atoms with Gasteiger partial charge in [-0.25, -0.2) is 9.86 Å². The topological polar surface area (TPSA) is 197 Å². The summed E-state index contributed by atoms with van der Waals surface area (Å²) < 4.78 is 17.5. The number of likely N-dealkylation sites (N-methyl/N-ethyl adjacent to an activating group) is 2. The molecule has 2 heterocycles. The molecular weight excluding hydrogens is 861 g/mol. The molecule has 17 heteroatoms. The van der Waals surface area contributed by atoms with Gasteiger partial charge in [-0.2, -0.15) is 0 Å². The van der Waals surface area contributed by atoms with E-state index in [9.17, 15) is 33.9 Å². The van der Waals surface area contributed by atoms with Gasteiger partial charge in [0.25, 0.3) is 5.91 Å². The molecule has 6 amide bonds. The van der Waals surface area contributed by atoms with Gasteiger partial charge in [0.05, 0.1) is 49.3 Å². The van der Waals surface area contributed by atoms with Crippen LogP contribution in [0.25, 0.3) is 0 Å². The van der Waals surface area contributed by atoms with E-state index in [1.807, 2.05) is 62.4 Å². The van der Waals surface area contributed by atoms with Crippen LogP contribution < -0.4 is 10.6 Å². The number of aliphatic hydroxyl groups excluding tert-OH is 1. The van der Waals surface area contributed by atoms with Crippen LogP contribution in [0.3, 0.4) is 0 Å². The number of nitrogens with zero attached hydrogens (tertiary/aromatic N) is 4. The van der Waals surface area contributed by atoms with E-state index in [4.69, 9.17) is 19.0 Å². The third-order valence-electron chi connectivity index (χ3n) is 13.3. The highest BCUT2D eigenvalue weighted by Gasteiger charge is 2.44. The molecule has 0 aromatic heterocycles. The molecule has 2 saturated heterocycles. The average molecular weight is 937 g/mol. The number of benzene rings is 2. The van der Waals surface area contributed by atoms with Crippen molar-refractivity contribution in [3.63, 3.8) is 0 Å². The molecule has 67 heavy (non-hydrogen) atoms. The lowest BCUT2D eigenvalue weighted by atomic mass is 9.89. The standard InChI is InChI=1S/C50H76N6O11/c1-11-33(4)43(53(7)49(62)42(32(2)3)52-47(60)44(35(6)57)54(8)50(63)66-31-37-23-16-13-17-24-37)40(64-9)30-41(58)55-26-20-25-39(55)45(65-10)34(5)46(59)51-38(29-36-21-14-12-15-22-36)48(61)56-27-18-19-28-67-56/h12-17,21-24,32-35,38-40,42-45,57H,11,18-20,25-31H2,1-10H3,(H,51,59)(H,52,60)/t33-,34+,35+,38-,39-,40+,42-,43-,44-,45+/m0/s1. The van der Waals surface area contributed by atoms with Crippen LogP contribution in [0.15, 0.2) is 60.7 Å². The summed E-state index contributed by atoms with van der Waals surface area (Å²) in [5, 5.41) is 17.9. The Labute approximate surface area is 397 Å². The van der Waals surface area contributed by atoms with Gasteiger partial charge in [0.2, 0.25) is 23.6 Å². The molecule has 2 fully saturated rings. The average Bonchev–Trinajstić information content (AvgIpc) is 3.82. The molecular formula is C50H76N6O11. The second-order valence-electron chi connectivity index (χ2n) is 18.4. The zero-order valence-electron chi connectivity index (χ0n) is 41.2. The van der Waals surface area contributed by atoms with Crippen LogP contribution in [0.5, 0.6) is 0 Å². The van der Waals surface area contributed by atoms with Crippen molar-refractivity contribution in [1.82, 2.24) is 30.4 Å². The number of rotatable bonds is 23. The first-order valence-electron chi connectivity index (χ1n) is 23.8. The highest BCUT2D eigenvalue weighted by molar-refractivity contribution is 5.92. The number of hydrogen-bond donors (Lipinski definition) is 3. The fourth-order valence-corrected chi connectivity index (χ4v) is 9.23. The molecule has 0 spiro atoms. The highest BCUT2D eigenvalue weighted by Crippen LogP contribution is 2.30. The second kappa shape index (κ2) is 26.4. The van der Waals surface area contributed by atoms with Gasteiger partial charge in [-0.05, 0) is 55.6 Å². The maximum Gasteiger partial charge on any atom is 0.410 e. The number of amides is 6. The highest BCUT2D eigenvalue weighted by atomic mass is 16.7. The molecule has 2 aromatic carbocycles. The van der Waals surface area contributed by atoms with E-state index in [2.05, 4.69) is 10.6 Å². The van der Waals surface area contributed by atoms with Crippen LogP contribution in [-0.2, 0) is 56.0 Å². The molecule has 2 aliphatic rings. The van der Waals surface area contributed by atoms with Crippen LogP contribution >= 0.6 is 0 Å². The molecule has 10 atom stereocenters. The van der Waals surface area contributed by atoms with Crippen molar-refractivity contribution in [2.75, 3.05) is 48.0 Å². The van der Waals surface area contributed by atoms with Crippen molar-refractivity contribution in [2.24, 2.45) is 17.8 Å². The van der Waals surface area contributed by atoms with Crippen LogP contribution in [0.1, 0.15) is 91.2 Å². The minimum atomic E-state index is -1.37. The SMILES string of the molecule is CC[C@H](C)[C@@H]([C@@H](CC(=O)N1CCC[C@H]1[C@H](OC)[C@@H](C)C(=O)N[C@@H](Cc1ccccc1)C(=O)N1CCCCO1)OC)N(C)C(=O)[C@@H](NC(=O)[C@H]([C@@H](C)O)N(C)C(=O)OCc1ccccc1)C(C)C. The Balaban J connectivity index is 1.48. The first-order valence-corrected chi connectivity index (χ1v) is 23.8. The Morgan fingerprint density at radius 2 is 1.46 bits per heavy atom. The summed E-state index contributed by atoms with van der Waals surface area (Å²) in [6, 6.07) is 14.1. The minimum Gasteiger partial charge on any atom is -0.445 e. The lowest BCUT2D eigenvalue weighted by Gasteiger charge is -2.41. The molecule has 3 N–H and O–H groups in total. The third-order valence-corrected chi connectivity index (χ3v) is 13.3. The lowest BCUT2D eigenvalue weighted by Crippen LogP contribution is -2.61.